The predicted octanol–water partition coefficient (Wildman–Crippen LogP) is 4.49. The van der Waals surface area contributed by atoms with Crippen molar-refractivity contribution in [2.75, 3.05) is 5.32 Å². The number of carbonyl (C=O) groups excluding carboxylic acids is 2. The summed E-state index contributed by atoms with van der Waals surface area (Å²) in [5.74, 6) is 0.533. The molecule has 2 aliphatic carbocycles. The number of benzene rings is 1. The van der Waals surface area contributed by atoms with Gasteiger partial charge in [-0.05, 0) is 48.6 Å². The number of amides is 2. The number of carbonyl (C=O) groups is 2. The summed E-state index contributed by atoms with van der Waals surface area (Å²) >= 11 is 1.56. The molecule has 142 valence electrons. The van der Waals surface area contributed by atoms with Gasteiger partial charge in [-0.2, -0.15) is 0 Å². The van der Waals surface area contributed by atoms with Gasteiger partial charge in [-0.1, -0.05) is 50.1 Å². The molecule has 0 bridgehead atoms. The Morgan fingerprint density at radius 3 is 2.74 bits per heavy atom. The number of hydrogen-bond acceptors (Lipinski definition) is 3. The van der Waals surface area contributed by atoms with E-state index in [1.165, 1.54) is 23.3 Å². The third kappa shape index (κ3) is 3.65. The maximum atomic E-state index is 12.8. The molecule has 4 nitrogen and oxygen atoms in total. The minimum absolute atomic E-state index is 0.00931. The highest BCUT2D eigenvalue weighted by Gasteiger charge is 2.44. The molecular weight excluding hydrogens is 356 g/mol. The number of rotatable bonds is 6. The molecule has 0 spiro atoms. The van der Waals surface area contributed by atoms with Crippen LogP contribution in [0.15, 0.2) is 30.3 Å². The standard InChI is InChI=1S/C22H26N2O2S/c1-2-6-13-9-10-15-18(11-13)27-22(19(15)20(23)25)24-21(26)17-12-16(17)14-7-4-3-5-8-14/h3-5,7-8,13,16-17H,2,6,9-12H2,1H3,(H2,23,25)(H,24,26)/t13-,16+,17+/m0/s1. The minimum Gasteiger partial charge on any atom is -0.365 e. The van der Waals surface area contributed by atoms with Crippen LogP contribution in [0, 0.1) is 11.8 Å². The second-order valence-corrected chi connectivity index (χ2v) is 8.92. The molecule has 0 saturated heterocycles. The minimum atomic E-state index is -0.424. The van der Waals surface area contributed by atoms with Crippen LogP contribution in [0.3, 0.4) is 0 Å². The molecule has 27 heavy (non-hydrogen) atoms. The molecule has 4 rings (SSSR count). The first-order valence-corrected chi connectivity index (χ1v) is 10.7. The predicted molar refractivity (Wildman–Crippen MR) is 109 cm³/mol. The van der Waals surface area contributed by atoms with E-state index < -0.39 is 5.91 Å². The number of anilines is 1. The van der Waals surface area contributed by atoms with Gasteiger partial charge in [0, 0.05) is 10.8 Å². The van der Waals surface area contributed by atoms with Gasteiger partial charge in [0.2, 0.25) is 5.91 Å². The lowest BCUT2D eigenvalue weighted by molar-refractivity contribution is -0.117. The van der Waals surface area contributed by atoms with Gasteiger partial charge in [-0.3, -0.25) is 9.59 Å². The van der Waals surface area contributed by atoms with E-state index in [0.717, 1.165) is 31.2 Å². The maximum absolute atomic E-state index is 12.8. The lowest BCUT2D eigenvalue weighted by Gasteiger charge is -2.21. The second kappa shape index (κ2) is 7.47. The quantitative estimate of drug-likeness (QED) is 0.772. The Kier molecular flexibility index (Phi) is 5.04. The third-order valence-corrected chi connectivity index (χ3v) is 7.07. The second-order valence-electron chi connectivity index (χ2n) is 7.82. The van der Waals surface area contributed by atoms with Crippen LogP contribution < -0.4 is 11.1 Å². The van der Waals surface area contributed by atoms with Gasteiger partial charge in [0.1, 0.15) is 5.00 Å². The van der Waals surface area contributed by atoms with Crippen LogP contribution >= 0.6 is 11.3 Å². The van der Waals surface area contributed by atoms with E-state index in [1.54, 1.807) is 11.3 Å². The van der Waals surface area contributed by atoms with E-state index in [-0.39, 0.29) is 17.7 Å². The average molecular weight is 383 g/mol. The Bertz CT molecular complexity index is 859. The van der Waals surface area contributed by atoms with Crippen LogP contribution in [-0.2, 0) is 17.6 Å². The van der Waals surface area contributed by atoms with Crippen molar-refractivity contribution in [2.45, 2.75) is 51.4 Å². The molecule has 1 fully saturated rings. The van der Waals surface area contributed by atoms with Crippen LogP contribution in [0.25, 0.3) is 0 Å². The fourth-order valence-electron chi connectivity index (χ4n) is 4.42. The van der Waals surface area contributed by atoms with Gasteiger partial charge in [-0.25, -0.2) is 0 Å². The van der Waals surface area contributed by atoms with E-state index in [2.05, 4.69) is 24.4 Å². The van der Waals surface area contributed by atoms with Crippen LogP contribution in [0.4, 0.5) is 5.00 Å². The number of nitrogens with two attached hydrogens (primary N) is 1. The molecule has 1 aromatic heterocycles. The molecule has 2 amide bonds. The summed E-state index contributed by atoms with van der Waals surface area (Å²) in [5.41, 5.74) is 8.51. The molecule has 1 saturated carbocycles. The Hall–Kier alpha value is -2.14. The molecule has 2 aliphatic rings. The van der Waals surface area contributed by atoms with Crippen molar-refractivity contribution >= 4 is 28.2 Å². The van der Waals surface area contributed by atoms with Crippen LogP contribution in [0.5, 0.6) is 0 Å². The molecule has 0 radical (unpaired) electrons. The van der Waals surface area contributed by atoms with Crippen molar-refractivity contribution in [3.63, 3.8) is 0 Å². The van der Waals surface area contributed by atoms with Gasteiger partial charge >= 0.3 is 0 Å². The summed E-state index contributed by atoms with van der Waals surface area (Å²) in [6.07, 6.45) is 6.25. The smallest absolute Gasteiger partial charge is 0.251 e. The van der Waals surface area contributed by atoms with Crippen molar-refractivity contribution in [1.82, 2.24) is 0 Å². The average Bonchev–Trinajstić information content (AvgIpc) is 3.38. The summed E-state index contributed by atoms with van der Waals surface area (Å²) in [6.45, 7) is 2.21. The number of fused-ring (bicyclic) bond motifs is 1. The van der Waals surface area contributed by atoms with Crippen LogP contribution in [0.2, 0.25) is 0 Å². The lowest BCUT2D eigenvalue weighted by atomic mass is 9.84. The molecule has 1 heterocycles. The lowest BCUT2D eigenvalue weighted by Crippen LogP contribution is -2.20. The Morgan fingerprint density at radius 2 is 2.04 bits per heavy atom. The van der Waals surface area contributed by atoms with Crippen molar-refractivity contribution < 1.29 is 9.59 Å². The van der Waals surface area contributed by atoms with Crippen molar-refractivity contribution in [3.05, 3.63) is 51.9 Å². The van der Waals surface area contributed by atoms with E-state index in [4.69, 9.17) is 5.73 Å². The monoisotopic (exact) mass is 382 g/mol. The van der Waals surface area contributed by atoms with Gasteiger partial charge < -0.3 is 11.1 Å². The van der Waals surface area contributed by atoms with Gasteiger partial charge in [0.15, 0.2) is 0 Å². The fraction of sp³-hybridized carbons (Fsp3) is 0.455. The van der Waals surface area contributed by atoms with Crippen LogP contribution in [0.1, 0.15) is 64.9 Å². The summed E-state index contributed by atoms with van der Waals surface area (Å²) in [5, 5.41) is 3.70. The molecule has 0 aliphatic heterocycles. The molecule has 5 heteroatoms. The zero-order valence-corrected chi connectivity index (χ0v) is 16.5. The molecule has 0 unspecified atom stereocenters. The van der Waals surface area contributed by atoms with Crippen LogP contribution in [-0.4, -0.2) is 11.8 Å². The number of hydrogen-bond donors (Lipinski definition) is 2. The van der Waals surface area contributed by atoms with Gasteiger partial charge in [-0.15, -0.1) is 11.3 Å². The number of nitrogens with one attached hydrogen (secondary N) is 1. The van der Waals surface area contributed by atoms with Gasteiger partial charge in [0.05, 0.1) is 5.56 Å². The van der Waals surface area contributed by atoms with E-state index in [9.17, 15) is 9.59 Å². The highest BCUT2D eigenvalue weighted by molar-refractivity contribution is 7.17. The third-order valence-electron chi connectivity index (χ3n) is 5.90. The maximum Gasteiger partial charge on any atom is 0.251 e. The summed E-state index contributed by atoms with van der Waals surface area (Å²) < 4.78 is 0. The summed E-state index contributed by atoms with van der Waals surface area (Å²) in [7, 11) is 0. The first-order valence-electron chi connectivity index (χ1n) is 9.88. The molecule has 2 aromatic rings. The van der Waals surface area contributed by atoms with E-state index in [1.807, 2.05) is 18.2 Å². The first kappa shape index (κ1) is 18.2. The van der Waals surface area contributed by atoms with E-state index >= 15 is 0 Å². The number of primary amides is 1. The summed E-state index contributed by atoms with van der Waals surface area (Å²) in [6, 6.07) is 10.2. The normalized spacial score (nSPS) is 23.5. The Balaban J connectivity index is 1.51. The van der Waals surface area contributed by atoms with Crippen molar-refractivity contribution in [2.24, 2.45) is 17.6 Å². The Morgan fingerprint density at radius 1 is 1.26 bits per heavy atom. The molecule has 3 atom stereocenters. The number of thiophene rings is 1. The zero-order chi connectivity index (χ0) is 19.0. The van der Waals surface area contributed by atoms with Crippen molar-refractivity contribution in [3.8, 4) is 0 Å². The molecular formula is C22H26N2O2S. The van der Waals surface area contributed by atoms with Crippen molar-refractivity contribution in [1.29, 1.82) is 0 Å². The first-order chi connectivity index (χ1) is 13.1. The largest absolute Gasteiger partial charge is 0.365 e. The molecule has 3 N–H and O–H groups in total. The van der Waals surface area contributed by atoms with Gasteiger partial charge in [0.25, 0.3) is 5.91 Å². The topological polar surface area (TPSA) is 72.2 Å². The highest BCUT2D eigenvalue weighted by Crippen LogP contribution is 2.48. The Labute approximate surface area is 164 Å². The summed E-state index contributed by atoms with van der Waals surface area (Å²) in [4.78, 5) is 26.1. The van der Waals surface area contributed by atoms with E-state index in [0.29, 0.717) is 16.5 Å². The zero-order valence-electron chi connectivity index (χ0n) is 15.7. The SMILES string of the molecule is CCC[C@H]1CCc2c(sc(NC(=O)[C@@H]3C[C@@H]3c3ccccc3)c2C(N)=O)C1. The highest BCUT2D eigenvalue weighted by atomic mass is 32.1. The molecule has 1 aromatic carbocycles. The fourth-order valence-corrected chi connectivity index (χ4v) is 5.79.